The summed E-state index contributed by atoms with van der Waals surface area (Å²) in [5, 5.41) is 139. The van der Waals surface area contributed by atoms with Crippen molar-refractivity contribution in [3.05, 3.63) is 0 Å². The minimum Gasteiger partial charge on any atom is -0.477 e. The van der Waals surface area contributed by atoms with E-state index in [1.54, 1.807) is 6.92 Å². The minimum atomic E-state index is -2.76. The number of carboxylic acids is 1. The van der Waals surface area contributed by atoms with E-state index in [9.17, 15) is 76.0 Å². The standard InChI is InChI=1S/C32H55NO23/c1-4-49-29-23(45)22(44)26(15(8-36)52-29)54-30-24(46)27(20(42)14(7-35)51-30)55-28-17(33-11(3)37)21(43)19(41)16(53-28)9-50-32(31(47)48)5-12(38)10(2)25(56-32)18(40)13(39)6-34/h10,12-30,34-36,38-46H,4-9H2,1-3H3,(H,33,37)(H,47,48)/t10-,12-,13-,14?,15?,16?,17+,18-,19-,20+,21-,22-,23+,24+,25?,26-,27+,28?,29?,30?,32-/m1/s1. The van der Waals surface area contributed by atoms with Crippen LogP contribution in [0.2, 0.25) is 0 Å². The number of hydrogen-bond donors (Lipinski definition) is 14. The van der Waals surface area contributed by atoms with Crippen LogP contribution in [0.15, 0.2) is 0 Å². The summed E-state index contributed by atoms with van der Waals surface area (Å²) in [7, 11) is 0. The molecule has 24 heteroatoms. The van der Waals surface area contributed by atoms with E-state index < -0.39 is 173 Å². The van der Waals surface area contributed by atoms with Crippen molar-refractivity contribution in [3.8, 4) is 0 Å². The van der Waals surface area contributed by atoms with Crippen LogP contribution in [-0.2, 0) is 47.5 Å². The van der Waals surface area contributed by atoms with Crippen LogP contribution in [0.1, 0.15) is 27.2 Å². The largest absolute Gasteiger partial charge is 0.477 e. The van der Waals surface area contributed by atoms with Crippen LogP contribution in [0.4, 0.5) is 0 Å². The minimum absolute atomic E-state index is 0.0662. The van der Waals surface area contributed by atoms with Crippen LogP contribution in [-0.4, -0.2) is 234 Å². The molecule has 0 radical (unpaired) electrons. The lowest BCUT2D eigenvalue weighted by Crippen LogP contribution is -2.69. The Labute approximate surface area is 319 Å². The molecule has 4 aliphatic rings. The van der Waals surface area contributed by atoms with E-state index in [0.29, 0.717) is 0 Å². The number of amides is 1. The number of aliphatic hydroxyl groups excluding tert-OH is 12. The quantitative estimate of drug-likeness (QED) is 0.0687. The number of carbonyl (C=O) groups excluding carboxylic acids is 1. The third kappa shape index (κ3) is 9.94. The Hall–Kier alpha value is -1.86. The maximum atomic E-state index is 12.5. The molecule has 0 aromatic carbocycles. The number of rotatable bonds is 16. The van der Waals surface area contributed by atoms with Gasteiger partial charge in [-0.05, 0) is 6.92 Å². The molecule has 14 N–H and O–H groups in total. The molecule has 4 aliphatic heterocycles. The van der Waals surface area contributed by atoms with Crippen LogP contribution in [0.5, 0.6) is 0 Å². The topological polar surface area (TPSA) is 383 Å². The molecule has 4 fully saturated rings. The molecule has 326 valence electrons. The Kier molecular flexibility index (Phi) is 16.7. The first-order valence-electron chi connectivity index (χ1n) is 18.0. The highest BCUT2D eigenvalue weighted by Gasteiger charge is 2.57. The van der Waals surface area contributed by atoms with E-state index in [0.717, 1.165) is 6.92 Å². The van der Waals surface area contributed by atoms with Gasteiger partial charge >= 0.3 is 5.97 Å². The number of aliphatic carboxylic acids is 1. The lowest BCUT2D eigenvalue weighted by molar-refractivity contribution is -0.377. The molecule has 0 aliphatic carbocycles. The van der Waals surface area contributed by atoms with Gasteiger partial charge < -0.3 is 110 Å². The molecule has 4 rings (SSSR count). The zero-order valence-electron chi connectivity index (χ0n) is 30.7. The first-order valence-corrected chi connectivity index (χ1v) is 18.0. The van der Waals surface area contributed by atoms with Crippen LogP contribution in [0.3, 0.4) is 0 Å². The summed E-state index contributed by atoms with van der Waals surface area (Å²) in [6, 6.07) is -1.66. The number of ether oxygens (including phenoxy) is 8. The van der Waals surface area contributed by atoms with Gasteiger partial charge in [0.15, 0.2) is 18.9 Å². The highest BCUT2D eigenvalue weighted by atomic mass is 16.8. The van der Waals surface area contributed by atoms with E-state index in [2.05, 4.69) is 5.32 Å². The van der Waals surface area contributed by atoms with E-state index >= 15 is 0 Å². The van der Waals surface area contributed by atoms with E-state index in [1.165, 1.54) is 6.92 Å². The van der Waals surface area contributed by atoms with Crippen molar-refractivity contribution in [3.63, 3.8) is 0 Å². The average molecular weight is 822 g/mol. The number of carbonyl (C=O) groups is 2. The van der Waals surface area contributed by atoms with Gasteiger partial charge in [0.25, 0.3) is 5.79 Å². The summed E-state index contributed by atoms with van der Waals surface area (Å²) in [6.07, 6.45) is -32.3. The van der Waals surface area contributed by atoms with Gasteiger partial charge in [0.2, 0.25) is 5.91 Å². The van der Waals surface area contributed by atoms with E-state index in [4.69, 9.17) is 37.9 Å². The molecule has 21 atom stereocenters. The number of nitrogens with one attached hydrogen (secondary N) is 1. The molecule has 0 aromatic heterocycles. The third-order valence-electron chi connectivity index (χ3n) is 10.3. The zero-order chi connectivity index (χ0) is 41.8. The fraction of sp³-hybridized carbons (Fsp3) is 0.938. The van der Waals surface area contributed by atoms with Crippen molar-refractivity contribution in [2.24, 2.45) is 5.92 Å². The number of hydrogen-bond acceptors (Lipinski definition) is 22. The molecule has 0 bridgehead atoms. The van der Waals surface area contributed by atoms with Gasteiger partial charge in [0, 0.05) is 25.9 Å². The summed E-state index contributed by atoms with van der Waals surface area (Å²) < 4.78 is 44.8. The summed E-state index contributed by atoms with van der Waals surface area (Å²) in [5.74, 6) is -6.33. The zero-order valence-corrected chi connectivity index (χ0v) is 30.7. The Morgan fingerprint density at radius 1 is 0.786 bits per heavy atom. The number of aliphatic hydroxyl groups is 12. The molecule has 4 saturated heterocycles. The SMILES string of the molecule is CCOC1OC(CO)[C@@H](OC2OC(CO)[C@H](O)[C@H](OC3OC(CO[C@]4(C(=O)O)C[C@@H](O)[C@@H](C)C([C@H](O)[C@H](O)CO)O4)[C@@H](O)[C@H](O)[C@@H]3NC(C)=O)[C@@H]2O)[C@H](O)[C@@H]1O. The van der Waals surface area contributed by atoms with Crippen molar-refractivity contribution in [1.29, 1.82) is 0 Å². The summed E-state index contributed by atoms with van der Waals surface area (Å²) >= 11 is 0. The molecule has 24 nitrogen and oxygen atoms in total. The average Bonchev–Trinajstić information content (AvgIpc) is 3.16. The van der Waals surface area contributed by atoms with Crippen molar-refractivity contribution in [1.82, 2.24) is 5.32 Å². The third-order valence-corrected chi connectivity index (χ3v) is 10.3. The lowest BCUT2D eigenvalue weighted by Gasteiger charge is -2.49. The molecule has 0 spiro atoms. The fourth-order valence-electron chi connectivity index (χ4n) is 7.00. The van der Waals surface area contributed by atoms with E-state index in [-0.39, 0.29) is 6.61 Å². The maximum absolute atomic E-state index is 12.5. The van der Waals surface area contributed by atoms with Gasteiger partial charge in [-0.1, -0.05) is 6.92 Å². The van der Waals surface area contributed by atoms with Gasteiger partial charge in [-0.2, -0.15) is 0 Å². The normalized spacial score (nSPS) is 45.8. The van der Waals surface area contributed by atoms with Crippen LogP contribution < -0.4 is 5.32 Å². The van der Waals surface area contributed by atoms with Gasteiger partial charge in [-0.15, -0.1) is 0 Å². The smallest absolute Gasteiger partial charge is 0.364 e. The molecule has 4 heterocycles. The monoisotopic (exact) mass is 821 g/mol. The second kappa shape index (κ2) is 19.9. The Morgan fingerprint density at radius 2 is 1.39 bits per heavy atom. The van der Waals surface area contributed by atoms with Crippen molar-refractivity contribution in [2.75, 3.05) is 33.0 Å². The second-order valence-corrected chi connectivity index (χ2v) is 14.1. The highest BCUT2D eigenvalue weighted by Crippen LogP contribution is 2.38. The summed E-state index contributed by atoms with van der Waals surface area (Å²) in [5.41, 5.74) is 0. The maximum Gasteiger partial charge on any atom is 0.364 e. The highest BCUT2D eigenvalue weighted by molar-refractivity contribution is 5.76. The first kappa shape index (κ1) is 46.8. The Balaban J connectivity index is 1.58. The van der Waals surface area contributed by atoms with Crippen molar-refractivity contribution >= 4 is 11.9 Å². The van der Waals surface area contributed by atoms with Crippen molar-refractivity contribution < 1.29 is 114 Å². The van der Waals surface area contributed by atoms with Crippen LogP contribution in [0, 0.1) is 5.92 Å². The summed E-state index contributed by atoms with van der Waals surface area (Å²) in [6.45, 7) is 0.488. The van der Waals surface area contributed by atoms with Crippen molar-refractivity contribution in [2.45, 2.75) is 149 Å². The lowest BCUT2D eigenvalue weighted by atomic mass is 9.84. The van der Waals surface area contributed by atoms with Gasteiger partial charge in [-0.25, -0.2) is 4.79 Å². The second-order valence-electron chi connectivity index (χ2n) is 14.1. The Morgan fingerprint density at radius 3 is 1.96 bits per heavy atom. The summed E-state index contributed by atoms with van der Waals surface area (Å²) in [4.78, 5) is 24.7. The van der Waals surface area contributed by atoms with Crippen LogP contribution >= 0.6 is 0 Å². The molecule has 1 amide bonds. The molecule has 56 heavy (non-hydrogen) atoms. The molecule has 0 aromatic rings. The molecule has 7 unspecified atom stereocenters. The first-order chi connectivity index (χ1) is 26.4. The van der Waals surface area contributed by atoms with Gasteiger partial charge in [0.1, 0.15) is 85.4 Å². The van der Waals surface area contributed by atoms with Gasteiger partial charge in [0.05, 0.1) is 38.6 Å². The fourth-order valence-corrected chi connectivity index (χ4v) is 7.00. The number of carboxylic acid groups (broad SMARTS) is 1. The predicted octanol–water partition coefficient (Wildman–Crippen LogP) is -8.08. The predicted molar refractivity (Wildman–Crippen MR) is 175 cm³/mol. The Bertz CT molecular complexity index is 1270. The van der Waals surface area contributed by atoms with Gasteiger partial charge in [-0.3, -0.25) is 4.79 Å². The molecule has 0 saturated carbocycles. The molecular weight excluding hydrogens is 766 g/mol. The van der Waals surface area contributed by atoms with E-state index in [1.807, 2.05) is 0 Å². The van der Waals surface area contributed by atoms with Crippen LogP contribution in [0.25, 0.3) is 0 Å². The molecular formula is C32H55NO23.